The molecule has 0 aromatic heterocycles. The zero-order valence-corrected chi connectivity index (χ0v) is 9.47. The summed E-state index contributed by atoms with van der Waals surface area (Å²) in [5, 5.41) is 3.53. The monoisotopic (exact) mass is 219 g/mol. The van der Waals surface area contributed by atoms with Crippen molar-refractivity contribution in [2.45, 2.75) is 19.4 Å². The lowest BCUT2D eigenvalue weighted by atomic mass is 9.92. The highest BCUT2D eigenvalue weighted by Crippen LogP contribution is 2.27. The number of carbonyl (C=O) groups excluding carboxylic acids is 1. The van der Waals surface area contributed by atoms with Crippen LogP contribution in [-0.2, 0) is 15.1 Å². The molecule has 1 aromatic carbocycles. The van der Waals surface area contributed by atoms with Crippen LogP contribution in [-0.4, -0.2) is 13.1 Å². The summed E-state index contributed by atoms with van der Waals surface area (Å²) in [6, 6.07) is 7.20. The van der Waals surface area contributed by atoms with Crippen LogP contribution in [0.25, 0.3) is 10.4 Å². The number of benzene rings is 1. The summed E-state index contributed by atoms with van der Waals surface area (Å²) in [5.41, 5.74) is 8.88. The minimum absolute atomic E-state index is 0.575. The maximum absolute atomic E-state index is 11.6. The van der Waals surface area contributed by atoms with Crippen LogP contribution in [0.2, 0.25) is 0 Å². The molecule has 0 fully saturated rings. The first-order valence-corrected chi connectivity index (χ1v) is 4.76. The van der Waals surface area contributed by atoms with Gasteiger partial charge in [-0.25, -0.2) is 0 Å². The summed E-state index contributed by atoms with van der Waals surface area (Å²) in [7, 11) is 1.27. The predicted molar refractivity (Wildman–Crippen MR) is 59.7 cm³/mol. The van der Waals surface area contributed by atoms with Crippen LogP contribution in [0.1, 0.15) is 18.1 Å². The Bertz CT molecular complexity index is 435. The largest absolute Gasteiger partial charge is 0.468 e. The number of aryl methyl sites for hydroxylation is 1. The van der Waals surface area contributed by atoms with Gasteiger partial charge >= 0.3 is 5.97 Å². The van der Waals surface area contributed by atoms with E-state index >= 15 is 0 Å². The highest BCUT2D eigenvalue weighted by molar-refractivity contribution is 5.82. The summed E-state index contributed by atoms with van der Waals surface area (Å²) in [6.07, 6.45) is 0. The summed E-state index contributed by atoms with van der Waals surface area (Å²) in [5.74, 6) is -0.575. The van der Waals surface area contributed by atoms with Crippen molar-refractivity contribution in [3.05, 3.63) is 45.8 Å². The van der Waals surface area contributed by atoms with Crippen molar-refractivity contribution in [3.8, 4) is 0 Å². The third-order valence-electron chi connectivity index (χ3n) is 2.44. The fourth-order valence-electron chi connectivity index (χ4n) is 1.38. The van der Waals surface area contributed by atoms with Gasteiger partial charge in [0.15, 0.2) is 5.54 Å². The Balaban J connectivity index is 3.26. The minimum Gasteiger partial charge on any atom is -0.468 e. The second kappa shape index (κ2) is 4.68. The van der Waals surface area contributed by atoms with Gasteiger partial charge in [0, 0.05) is 4.91 Å². The molecule has 0 saturated carbocycles. The molecule has 0 spiro atoms. The zero-order valence-electron chi connectivity index (χ0n) is 9.47. The first kappa shape index (κ1) is 12.1. The Hall–Kier alpha value is -2.00. The minimum atomic E-state index is -1.31. The van der Waals surface area contributed by atoms with Gasteiger partial charge in [-0.3, -0.25) is 4.79 Å². The van der Waals surface area contributed by atoms with E-state index in [4.69, 9.17) is 5.53 Å². The van der Waals surface area contributed by atoms with Crippen molar-refractivity contribution < 1.29 is 9.53 Å². The number of esters is 1. The molecule has 0 radical (unpaired) electrons. The van der Waals surface area contributed by atoms with E-state index in [0.717, 1.165) is 5.56 Å². The first-order chi connectivity index (χ1) is 7.54. The molecule has 1 aromatic rings. The van der Waals surface area contributed by atoms with Gasteiger partial charge < -0.3 is 4.74 Å². The molecule has 0 N–H and O–H groups in total. The van der Waals surface area contributed by atoms with Crippen molar-refractivity contribution in [2.24, 2.45) is 5.11 Å². The highest BCUT2D eigenvalue weighted by atomic mass is 16.5. The predicted octanol–water partition coefficient (Wildman–Crippen LogP) is 2.69. The maximum Gasteiger partial charge on any atom is 0.322 e. The highest BCUT2D eigenvalue weighted by Gasteiger charge is 2.35. The Morgan fingerprint density at radius 1 is 1.44 bits per heavy atom. The fraction of sp³-hybridized carbons (Fsp3) is 0.364. The average Bonchev–Trinajstić information content (AvgIpc) is 2.29. The van der Waals surface area contributed by atoms with Crippen LogP contribution >= 0.6 is 0 Å². The van der Waals surface area contributed by atoms with E-state index in [1.807, 2.05) is 19.1 Å². The van der Waals surface area contributed by atoms with Crippen LogP contribution in [0.4, 0.5) is 0 Å². The van der Waals surface area contributed by atoms with E-state index in [9.17, 15) is 4.79 Å². The molecule has 1 unspecified atom stereocenters. The average molecular weight is 219 g/mol. The number of carbonyl (C=O) groups is 1. The SMILES string of the molecule is COC(=O)C(C)(N=[N+]=[N-])c1ccc(C)cc1. The molecule has 5 heteroatoms. The summed E-state index contributed by atoms with van der Waals surface area (Å²) in [6.45, 7) is 3.47. The van der Waals surface area contributed by atoms with E-state index in [2.05, 4.69) is 14.8 Å². The molecule has 1 atom stereocenters. The number of methoxy groups -OCH3 is 1. The first-order valence-electron chi connectivity index (χ1n) is 4.76. The molecule has 0 heterocycles. The second-order valence-corrected chi connectivity index (χ2v) is 3.62. The molecule has 1 rings (SSSR count). The number of hydrogen-bond acceptors (Lipinski definition) is 3. The standard InChI is InChI=1S/C11H13N3O2/c1-8-4-6-9(7-5-8)11(2,13-14-12)10(15)16-3/h4-7H,1-3H3. The van der Waals surface area contributed by atoms with E-state index in [1.54, 1.807) is 12.1 Å². The van der Waals surface area contributed by atoms with Crippen LogP contribution in [0.15, 0.2) is 29.4 Å². The molecule has 0 bridgehead atoms. The molecule has 0 aliphatic heterocycles. The third kappa shape index (κ3) is 2.15. The second-order valence-electron chi connectivity index (χ2n) is 3.62. The van der Waals surface area contributed by atoms with Crippen molar-refractivity contribution in [1.82, 2.24) is 0 Å². The number of azide groups is 1. The topological polar surface area (TPSA) is 75.1 Å². The normalized spacial score (nSPS) is 13.4. The lowest BCUT2D eigenvalue weighted by molar-refractivity contribution is -0.146. The van der Waals surface area contributed by atoms with Crippen LogP contribution in [0.5, 0.6) is 0 Å². The van der Waals surface area contributed by atoms with Crippen molar-refractivity contribution in [1.29, 1.82) is 0 Å². The molecule has 16 heavy (non-hydrogen) atoms. The molecule has 0 aliphatic carbocycles. The van der Waals surface area contributed by atoms with E-state index in [0.29, 0.717) is 5.56 Å². The summed E-state index contributed by atoms with van der Waals surface area (Å²) >= 11 is 0. The van der Waals surface area contributed by atoms with E-state index in [-0.39, 0.29) is 0 Å². The van der Waals surface area contributed by atoms with Crippen molar-refractivity contribution in [3.63, 3.8) is 0 Å². The van der Waals surface area contributed by atoms with E-state index in [1.165, 1.54) is 14.0 Å². The number of ether oxygens (including phenoxy) is 1. The molecular weight excluding hydrogens is 206 g/mol. The fourth-order valence-corrected chi connectivity index (χ4v) is 1.38. The van der Waals surface area contributed by atoms with Crippen LogP contribution in [0, 0.1) is 6.92 Å². The molecule has 0 aliphatic rings. The summed E-state index contributed by atoms with van der Waals surface area (Å²) in [4.78, 5) is 14.3. The Morgan fingerprint density at radius 2 is 2.00 bits per heavy atom. The lowest BCUT2D eigenvalue weighted by Gasteiger charge is -2.21. The third-order valence-corrected chi connectivity index (χ3v) is 2.44. The van der Waals surface area contributed by atoms with E-state index < -0.39 is 11.5 Å². The zero-order chi connectivity index (χ0) is 12.2. The molecule has 0 amide bonds. The Morgan fingerprint density at radius 3 is 2.44 bits per heavy atom. The Labute approximate surface area is 93.7 Å². The molecular formula is C11H13N3O2. The van der Waals surface area contributed by atoms with Crippen LogP contribution in [0.3, 0.4) is 0 Å². The van der Waals surface area contributed by atoms with Crippen molar-refractivity contribution in [2.75, 3.05) is 7.11 Å². The molecule has 5 nitrogen and oxygen atoms in total. The van der Waals surface area contributed by atoms with Gasteiger partial charge in [-0.15, -0.1) is 0 Å². The van der Waals surface area contributed by atoms with Gasteiger partial charge in [-0.2, -0.15) is 0 Å². The van der Waals surface area contributed by atoms with Crippen molar-refractivity contribution >= 4 is 5.97 Å². The van der Waals surface area contributed by atoms with Gasteiger partial charge in [0.05, 0.1) is 7.11 Å². The van der Waals surface area contributed by atoms with Gasteiger partial charge in [-0.05, 0) is 24.9 Å². The lowest BCUT2D eigenvalue weighted by Crippen LogP contribution is -2.31. The van der Waals surface area contributed by atoms with Gasteiger partial charge in [0.1, 0.15) is 0 Å². The number of nitrogens with zero attached hydrogens (tertiary/aromatic N) is 3. The maximum atomic E-state index is 11.6. The van der Waals surface area contributed by atoms with Gasteiger partial charge in [0.2, 0.25) is 0 Å². The number of rotatable bonds is 3. The number of hydrogen-bond donors (Lipinski definition) is 0. The smallest absolute Gasteiger partial charge is 0.322 e. The van der Waals surface area contributed by atoms with Crippen LogP contribution < -0.4 is 0 Å². The Kier molecular flexibility index (Phi) is 3.53. The van der Waals surface area contributed by atoms with Gasteiger partial charge in [-0.1, -0.05) is 34.9 Å². The molecule has 0 saturated heterocycles. The summed E-state index contributed by atoms with van der Waals surface area (Å²) < 4.78 is 4.65. The quantitative estimate of drug-likeness (QED) is 0.339. The molecule has 84 valence electrons. The van der Waals surface area contributed by atoms with Gasteiger partial charge in [0.25, 0.3) is 0 Å².